The molecular weight excluding hydrogens is 564 g/mol. The summed E-state index contributed by atoms with van der Waals surface area (Å²) < 4.78 is 12.7. The molecule has 0 unspecified atom stereocenters. The Kier molecular flexibility index (Phi) is 7.14. The minimum atomic E-state index is 0.555. The summed E-state index contributed by atoms with van der Waals surface area (Å²) in [6.45, 7) is 0. The number of rotatable bonds is 7. The molecule has 46 heavy (non-hydrogen) atoms. The maximum atomic E-state index is 6.36. The first-order chi connectivity index (χ1) is 22.8. The molecule has 0 saturated heterocycles. The molecule has 8 rings (SSSR count). The average molecular weight is 593 g/mol. The Labute approximate surface area is 267 Å². The van der Waals surface area contributed by atoms with Crippen molar-refractivity contribution in [1.82, 2.24) is 9.97 Å². The van der Waals surface area contributed by atoms with E-state index in [9.17, 15) is 0 Å². The third kappa shape index (κ3) is 5.33. The van der Waals surface area contributed by atoms with Crippen LogP contribution in [0.15, 0.2) is 179 Å². The Balaban J connectivity index is 1.09. The van der Waals surface area contributed by atoms with E-state index >= 15 is 0 Å². The summed E-state index contributed by atoms with van der Waals surface area (Å²) in [5.74, 6) is 2.54. The number of oxazole rings is 2. The summed E-state index contributed by atoms with van der Waals surface area (Å²) in [5.41, 5.74) is 10.4. The second-order valence-corrected chi connectivity index (χ2v) is 11.0. The monoisotopic (exact) mass is 592 g/mol. The zero-order valence-corrected chi connectivity index (χ0v) is 24.9. The molecule has 0 aliphatic carbocycles. The maximum absolute atomic E-state index is 6.36. The van der Waals surface area contributed by atoms with Gasteiger partial charge < -0.3 is 8.83 Å². The van der Waals surface area contributed by atoms with Crippen LogP contribution in [0, 0.1) is 0 Å². The maximum Gasteiger partial charge on any atom is 0.227 e. The quantitative estimate of drug-likeness (QED) is 0.185. The zero-order chi connectivity index (χ0) is 30.7. The summed E-state index contributed by atoms with van der Waals surface area (Å²) in [7, 11) is 0. The molecule has 218 valence electrons. The standard InChI is InChI=1S/C42H28N2O2/c1-3-11-29(12-4-1)31-19-23-33(24-20-31)39-27-43-41(45-39)37-17-9-7-15-35(37)36-16-8-10-18-38(36)42-44-28-40(46-42)34-25-21-32(22-26-34)30-13-5-2-6-14-30/h1-28H. The van der Waals surface area contributed by atoms with E-state index in [1.54, 1.807) is 12.4 Å². The van der Waals surface area contributed by atoms with Gasteiger partial charge in [-0.1, -0.05) is 146 Å². The van der Waals surface area contributed by atoms with E-state index in [0.29, 0.717) is 23.3 Å². The second-order valence-electron chi connectivity index (χ2n) is 11.0. The second kappa shape index (κ2) is 12.0. The Morgan fingerprint density at radius 1 is 0.283 bits per heavy atom. The van der Waals surface area contributed by atoms with Crippen LogP contribution in [-0.2, 0) is 0 Å². The van der Waals surface area contributed by atoms with Crippen molar-refractivity contribution >= 4 is 0 Å². The van der Waals surface area contributed by atoms with Gasteiger partial charge in [0.15, 0.2) is 11.5 Å². The first-order valence-corrected chi connectivity index (χ1v) is 15.2. The van der Waals surface area contributed by atoms with Gasteiger partial charge in [0.25, 0.3) is 0 Å². The summed E-state index contributed by atoms with van der Waals surface area (Å²) in [4.78, 5) is 9.40. The van der Waals surface area contributed by atoms with Gasteiger partial charge in [-0.15, -0.1) is 0 Å². The number of hydrogen-bond donors (Lipinski definition) is 0. The highest BCUT2D eigenvalue weighted by Gasteiger charge is 2.19. The molecule has 0 radical (unpaired) electrons. The lowest BCUT2D eigenvalue weighted by atomic mass is 9.95. The van der Waals surface area contributed by atoms with Crippen molar-refractivity contribution < 1.29 is 8.83 Å². The van der Waals surface area contributed by atoms with Crippen LogP contribution in [0.25, 0.3) is 78.9 Å². The number of aromatic nitrogens is 2. The van der Waals surface area contributed by atoms with Gasteiger partial charge in [0.2, 0.25) is 11.8 Å². The smallest absolute Gasteiger partial charge is 0.227 e. The average Bonchev–Trinajstić information content (AvgIpc) is 3.84. The van der Waals surface area contributed by atoms with E-state index in [2.05, 4.69) is 84.9 Å². The molecule has 0 aliphatic heterocycles. The van der Waals surface area contributed by atoms with E-state index < -0.39 is 0 Å². The highest BCUT2D eigenvalue weighted by Crippen LogP contribution is 2.39. The summed E-state index contributed by atoms with van der Waals surface area (Å²) in [6, 6.07) is 53.7. The minimum Gasteiger partial charge on any atom is -0.436 e. The Hall–Kier alpha value is -6.26. The van der Waals surface area contributed by atoms with Crippen molar-refractivity contribution in [1.29, 1.82) is 0 Å². The van der Waals surface area contributed by atoms with Gasteiger partial charge in [0.1, 0.15) is 0 Å². The van der Waals surface area contributed by atoms with Crippen LogP contribution in [0.2, 0.25) is 0 Å². The normalized spacial score (nSPS) is 11.0. The van der Waals surface area contributed by atoms with Gasteiger partial charge in [-0.05, 0) is 45.5 Å². The van der Waals surface area contributed by atoms with Crippen LogP contribution >= 0.6 is 0 Å². The molecule has 0 N–H and O–H groups in total. The molecule has 8 aromatic rings. The molecule has 2 heterocycles. The molecule has 0 bridgehead atoms. The van der Waals surface area contributed by atoms with Crippen molar-refractivity contribution in [2.75, 3.05) is 0 Å². The van der Waals surface area contributed by atoms with Gasteiger partial charge >= 0.3 is 0 Å². The van der Waals surface area contributed by atoms with Crippen molar-refractivity contribution in [2.24, 2.45) is 0 Å². The SMILES string of the molecule is c1ccc(-c2ccc(-c3cnc(-c4ccccc4-c4ccccc4-c4ncc(-c5ccc(-c6ccccc6)cc5)o4)o3)cc2)cc1. The van der Waals surface area contributed by atoms with Crippen LogP contribution in [0.5, 0.6) is 0 Å². The predicted molar refractivity (Wildman–Crippen MR) is 185 cm³/mol. The fourth-order valence-corrected chi connectivity index (χ4v) is 5.79. The first kappa shape index (κ1) is 27.3. The molecule has 0 spiro atoms. The first-order valence-electron chi connectivity index (χ1n) is 15.2. The lowest BCUT2D eigenvalue weighted by molar-refractivity contribution is 0.588. The van der Waals surface area contributed by atoms with Gasteiger partial charge in [-0.25, -0.2) is 9.97 Å². The Bertz CT molecular complexity index is 2070. The molecular formula is C42H28N2O2. The van der Waals surface area contributed by atoms with E-state index in [-0.39, 0.29) is 0 Å². The number of nitrogens with zero attached hydrogens (tertiary/aromatic N) is 2. The molecule has 0 amide bonds. The van der Waals surface area contributed by atoms with Crippen LogP contribution in [0.4, 0.5) is 0 Å². The van der Waals surface area contributed by atoms with Crippen molar-refractivity contribution in [3.63, 3.8) is 0 Å². The molecule has 6 aromatic carbocycles. The molecule has 0 aliphatic rings. The third-order valence-corrected chi connectivity index (χ3v) is 8.17. The molecule has 0 fully saturated rings. The van der Waals surface area contributed by atoms with E-state index in [1.807, 2.05) is 72.8 Å². The van der Waals surface area contributed by atoms with Crippen LogP contribution in [-0.4, -0.2) is 9.97 Å². The predicted octanol–water partition coefficient (Wildman–Crippen LogP) is 11.3. The van der Waals surface area contributed by atoms with Crippen molar-refractivity contribution in [2.45, 2.75) is 0 Å². The highest BCUT2D eigenvalue weighted by atomic mass is 16.4. The number of benzene rings is 6. The van der Waals surface area contributed by atoms with Crippen LogP contribution in [0.1, 0.15) is 0 Å². The van der Waals surface area contributed by atoms with Gasteiger partial charge in [0, 0.05) is 22.3 Å². The lowest BCUT2D eigenvalue weighted by Gasteiger charge is -2.10. The van der Waals surface area contributed by atoms with Crippen molar-refractivity contribution in [3.05, 3.63) is 170 Å². The minimum absolute atomic E-state index is 0.555. The summed E-state index contributed by atoms with van der Waals surface area (Å²) in [5, 5.41) is 0. The van der Waals surface area contributed by atoms with E-state index in [0.717, 1.165) is 44.5 Å². The van der Waals surface area contributed by atoms with Crippen molar-refractivity contribution in [3.8, 4) is 78.9 Å². The molecule has 0 saturated carbocycles. The highest BCUT2D eigenvalue weighted by molar-refractivity contribution is 5.88. The summed E-state index contributed by atoms with van der Waals surface area (Å²) in [6.07, 6.45) is 3.58. The fourth-order valence-electron chi connectivity index (χ4n) is 5.79. The van der Waals surface area contributed by atoms with E-state index in [4.69, 9.17) is 18.8 Å². The zero-order valence-electron chi connectivity index (χ0n) is 24.9. The number of hydrogen-bond acceptors (Lipinski definition) is 4. The topological polar surface area (TPSA) is 52.1 Å². The van der Waals surface area contributed by atoms with Crippen LogP contribution < -0.4 is 0 Å². The summed E-state index contributed by atoms with van der Waals surface area (Å²) >= 11 is 0. The Morgan fingerprint density at radius 3 is 0.978 bits per heavy atom. The molecule has 2 aromatic heterocycles. The molecule has 4 nitrogen and oxygen atoms in total. The third-order valence-electron chi connectivity index (χ3n) is 8.17. The fraction of sp³-hybridized carbons (Fsp3) is 0. The Morgan fingerprint density at radius 2 is 0.587 bits per heavy atom. The van der Waals surface area contributed by atoms with Crippen LogP contribution in [0.3, 0.4) is 0 Å². The van der Waals surface area contributed by atoms with Gasteiger partial charge in [-0.3, -0.25) is 0 Å². The molecule has 4 heteroatoms. The van der Waals surface area contributed by atoms with E-state index in [1.165, 1.54) is 11.1 Å². The lowest BCUT2D eigenvalue weighted by Crippen LogP contribution is -1.89. The van der Waals surface area contributed by atoms with Gasteiger partial charge in [-0.2, -0.15) is 0 Å². The molecule has 0 atom stereocenters. The largest absolute Gasteiger partial charge is 0.436 e. The van der Waals surface area contributed by atoms with Gasteiger partial charge in [0.05, 0.1) is 12.4 Å².